The lowest BCUT2D eigenvalue weighted by molar-refractivity contribution is 0.0936. The molecular formula is C23H22N4O3S. The number of amides is 2. The minimum atomic E-state index is -0.197. The molecule has 4 aromatic rings. The molecule has 0 aliphatic rings. The van der Waals surface area contributed by atoms with Crippen molar-refractivity contribution in [2.24, 2.45) is 0 Å². The van der Waals surface area contributed by atoms with Crippen molar-refractivity contribution >= 4 is 39.1 Å². The first-order chi connectivity index (χ1) is 15.1. The lowest BCUT2D eigenvalue weighted by Gasteiger charge is -2.07. The van der Waals surface area contributed by atoms with Crippen LogP contribution in [0.25, 0.3) is 15.9 Å². The van der Waals surface area contributed by atoms with E-state index in [-0.39, 0.29) is 11.8 Å². The predicted octanol–water partition coefficient (Wildman–Crippen LogP) is 4.02. The Morgan fingerprint density at radius 2 is 1.81 bits per heavy atom. The number of thiophene rings is 1. The second kappa shape index (κ2) is 9.11. The van der Waals surface area contributed by atoms with E-state index in [1.807, 2.05) is 48.0 Å². The number of aryl methyl sites for hydroxylation is 1. The average molecular weight is 435 g/mol. The van der Waals surface area contributed by atoms with Crippen molar-refractivity contribution in [3.8, 4) is 5.69 Å². The molecule has 2 heterocycles. The molecule has 0 saturated carbocycles. The summed E-state index contributed by atoms with van der Waals surface area (Å²) >= 11 is 1.40. The van der Waals surface area contributed by atoms with Crippen molar-refractivity contribution in [3.05, 3.63) is 76.8 Å². The van der Waals surface area contributed by atoms with E-state index in [9.17, 15) is 9.59 Å². The number of anilines is 1. The first-order valence-electron chi connectivity index (χ1n) is 9.80. The van der Waals surface area contributed by atoms with Crippen molar-refractivity contribution in [3.63, 3.8) is 0 Å². The van der Waals surface area contributed by atoms with Crippen molar-refractivity contribution in [2.75, 3.05) is 25.6 Å². The van der Waals surface area contributed by atoms with Crippen LogP contribution >= 0.6 is 11.3 Å². The molecule has 0 saturated heterocycles. The Morgan fingerprint density at radius 1 is 1.06 bits per heavy atom. The van der Waals surface area contributed by atoms with Crippen LogP contribution in [0.4, 0.5) is 5.69 Å². The van der Waals surface area contributed by atoms with Crippen molar-refractivity contribution in [1.29, 1.82) is 0 Å². The Hall–Kier alpha value is -3.49. The van der Waals surface area contributed by atoms with Gasteiger partial charge in [-0.3, -0.25) is 9.59 Å². The highest BCUT2D eigenvalue weighted by Crippen LogP contribution is 2.30. The Balaban J connectivity index is 1.49. The summed E-state index contributed by atoms with van der Waals surface area (Å²) in [6.45, 7) is 2.84. The molecule has 2 N–H and O–H groups in total. The van der Waals surface area contributed by atoms with Gasteiger partial charge in [0.2, 0.25) is 0 Å². The zero-order valence-corrected chi connectivity index (χ0v) is 18.0. The number of methoxy groups -OCH3 is 1. The highest BCUT2D eigenvalue weighted by molar-refractivity contribution is 7.20. The van der Waals surface area contributed by atoms with E-state index in [1.54, 1.807) is 31.4 Å². The number of nitrogens with one attached hydrogen (secondary N) is 2. The van der Waals surface area contributed by atoms with E-state index < -0.39 is 0 Å². The molecule has 0 atom stereocenters. The van der Waals surface area contributed by atoms with Gasteiger partial charge in [0.05, 0.1) is 22.9 Å². The van der Waals surface area contributed by atoms with Gasteiger partial charge < -0.3 is 15.4 Å². The van der Waals surface area contributed by atoms with E-state index in [4.69, 9.17) is 4.74 Å². The van der Waals surface area contributed by atoms with Crippen molar-refractivity contribution in [1.82, 2.24) is 15.1 Å². The quantitative estimate of drug-likeness (QED) is 0.430. The summed E-state index contributed by atoms with van der Waals surface area (Å²) in [5, 5.41) is 11.2. The molecule has 4 rings (SSSR count). The van der Waals surface area contributed by atoms with Crippen LogP contribution in [0.1, 0.15) is 25.7 Å². The van der Waals surface area contributed by atoms with E-state index in [2.05, 4.69) is 15.7 Å². The first kappa shape index (κ1) is 20.8. The molecule has 2 aromatic carbocycles. The van der Waals surface area contributed by atoms with Crippen molar-refractivity contribution in [2.45, 2.75) is 6.92 Å². The standard InChI is InChI=1S/C23H22N4O3S/c1-15-19-14-20(31-23(19)27(26-15)18-6-4-3-5-7-18)22(29)25-17-10-8-16(9-11-17)21(28)24-12-13-30-2/h3-11,14H,12-13H2,1-2H3,(H,24,28)(H,25,29). The fraction of sp³-hybridized carbons (Fsp3) is 0.174. The largest absolute Gasteiger partial charge is 0.383 e. The zero-order chi connectivity index (χ0) is 21.8. The van der Waals surface area contributed by atoms with Crippen LogP contribution in [0.2, 0.25) is 0 Å². The van der Waals surface area contributed by atoms with E-state index in [0.717, 1.165) is 21.6 Å². The second-order valence-corrected chi connectivity index (χ2v) is 7.97. The molecule has 2 aromatic heterocycles. The summed E-state index contributed by atoms with van der Waals surface area (Å²) in [5.41, 5.74) is 2.97. The molecular weight excluding hydrogens is 412 g/mol. The summed E-state index contributed by atoms with van der Waals surface area (Å²) < 4.78 is 6.79. The van der Waals surface area contributed by atoms with Crippen LogP contribution in [-0.2, 0) is 4.74 Å². The van der Waals surface area contributed by atoms with Gasteiger partial charge in [0.1, 0.15) is 4.83 Å². The van der Waals surface area contributed by atoms with Crippen LogP contribution < -0.4 is 10.6 Å². The lowest BCUT2D eigenvalue weighted by Crippen LogP contribution is -2.26. The van der Waals surface area contributed by atoms with Gasteiger partial charge in [0.25, 0.3) is 11.8 Å². The smallest absolute Gasteiger partial charge is 0.265 e. The Labute approximate surface area is 183 Å². The van der Waals surface area contributed by atoms with Gasteiger partial charge in [-0.2, -0.15) is 5.10 Å². The number of hydrogen-bond acceptors (Lipinski definition) is 5. The highest BCUT2D eigenvalue weighted by Gasteiger charge is 2.17. The number of carbonyl (C=O) groups is 2. The first-order valence-corrected chi connectivity index (χ1v) is 10.6. The predicted molar refractivity (Wildman–Crippen MR) is 122 cm³/mol. The second-order valence-electron chi connectivity index (χ2n) is 6.94. The maximum atomic E-state index is 12.8. The third-order valence-electron chi connectivity index (χ3n) is 4.77. The van der Waals surface area contributed by atoms with Crippen LogP contribution in [-0.4, -0.2) is 41.9 Å². The number of carbonyl (C=O) groups excluding carboxylic acids is 2. The summed E-state index contributed by atoms with van der Waals surface area (Å²) in [6.07, 6.45) is 0. The summed E-state index contributed by atoms with van der Waals surface area (Å²) in [4.78, 5) is 26.4. The number of benzene rings is 2. The lowest BCUT2D eigenvalue weighted by atomic mass is 10.2. The van der Waals surface area contributed by atoms with Gasteiger partial charge in [-0.15, -0.1) is 11.3 Å². The van der Waals surface area contributed by atoms with Gasteiger partial charge >= 0.3 is 0 Å². The number of nitrogens with zero attached hydrogens (tertiary/aromatic N) is 2. The molecule has 0 bridgehead atoms. The van der Waals surface area contributed by atoms with Gasteiger partial charge in [0, 0.05) is 30.3 Å². The summed E-state index contributed by atoms with van der Waals surface area (Å²) in [7, 11) is 1.58. The summed E-state index contributed by atoms with van der Waals surface area (Å²) in [6, 6.07) is 18.5. The SMILES string of the molecule is COCCNC(=O)c1ccc(NC(=O)c2cc3c(C)nn(-c4ccccc4)c3s2)cc1. The monoisotopic (exact) mass is 434 g/mol. The minimum absolute atomic E-state index is 0.180. The number of para-hydroxylation sites is 1. The molecule has 0 aliphatic heterocycles. The van der Waals surface area contributed by atoms with Crippen LogP contribution in [0.5, 0.6) is 0 Å². The van der Waals surface area contributed by atoms with Gasteiger partial charge in [-0.1, -0.05) is 18.2 Å². The molecule has 158 valence electrons. The topological polar surface area (TPSA) is 85.2 Å². The normalized spacial score (nSPS) is 10.9. The minimum Gasteiger partial charge on any atom is -0.383 e. The molecule has 0 unspecified atom stereocenters. The number of aromatic nitrogens is 2. The number of ether oxygens (including phenoxy) is 1. The third-order valence-corrected chi connectivity index (χ3v) is 5.88. The van der Waals surface area contributed by atoms with Crippen molar-refractivity contribution < 1.29 is 14.3 Å². The number of rotatable bonds is 7. The van der Waals surface area contributed by atoms with Gasteiger partial charge in [-0.05, 0) is 49.4 Å². The van der Waals surface area contributed by atoms with E-state index in [0.29, 0.717) is 29.3 Å². The fourth-order valence-corrected chi connectivity index (χ4v) is 4.25. The van der Waals surface area contributed by atoms with Crippen LogP contribution in [0.3, 0.4) is 0 Å². The molecule has 2 amide bonds. The highest BCUT2D eigenvalue weighted by atomic mass is 32.1. The third kappa shape index (κ3) is 4.50. The Bertz CT molecular complexity index is 1210. The molecule has 31 heavy (non-hydrogen) atoms. The number of hydrogen-bond donors (Lipinski definition) is 2. The Morgan fingerprint density at radius 3 is 2.52 bits per heavy atom. The zero-order valence-electron chi connectivity index (χ0n) is 17.2. The molecule has 0 spiro atoms. The molecule has 0 fully saturated rings. The van der Waals surface area contributed by atoms with E-state index >= 15 is 0 Å². The molecule has 8 heteroatoms. The Kier molecular flexibility index (Phi) is 6.11. The molecule has 0 aliphatic carbocycles. The average Bonchev–Trinajstić information content (AvgIpc) is 3.36. The molecule has 0 radical (unpaired) electrons. The maximum Gasteiger partial charge on any atom is 0.265 e. The van der Waals surface area contributed by atoms with Gasteiger partial charge in [0.15, 0.2) is 0 Å². The summed E-state index contributed by atoms with van der Waals surface area (Å²) in [5.74, 6) is -0.377. The maximum absolute atomic E-state index is 12.8. The van der Waals surface area contributed by atoms with E-state index in [1.165, 1.54) is 11.3 Å². The number of fused-ring (bicyclic) bond motifs is 1. The molecule has 7 nitrogen and oxygen atoms in total. The fourth-order valence-electron chi connectivity index (χ4n) is 3.17. The van der Waals surface area contributed by atoms with Crippen LogP contribution in [0, 0.1) is 6.92 Å². The van der Waals surface area contributed by atoms with Crippen LogP contribution in [0.15, 0.2) is 60.7 Å². The van der Waals surface area contributed by atoms with Gasteiger partial charge in [-0.25, -0.2) is 4.68 Å².